The molecule has 4 nitrogen and oxygen atoms in total. The summed E-state index contributed by atoms with van der Waals surface area (Å²) in [6.07, 6.45) is 3.05. The fourth-order valence-electron chi connectivity index (χ4n) is 2.92. The molecule has 1 aromatic heterocycles. The number of hydrogen-bond acceptors (Lipinski definition) is 3. The maximum absolute atomic E-state index is 11.6. The summed E-state index contributed by atoms with van der Waals surface area (Å²) in [5.74, 6) is 0.673. The molecule has 0 unspecified atom stereocenters. The van der Waals surface area contributed by atoms with Gasteiger partial charge in [-0.15, -0.1) is 0 Å². The first kappa shape index (κ1) is 18.7. The maximum atomic E-state index is 11.6. The van der Waals surface area contributed by atoms with Crippen molar-refractivity contribution in [2.24, 2.45) is 0 Å². The number of unbranched alkanes of at least 4 members (excludes halogenated alkanes) is 1. The number of rotatable bonds is 6. The summed E-state index contributed by atoms with van der Waals surface area (Å²) in [7, 11) is 1.38. The first-order valence-electron chi connectivity index (χ1n) is 8.55. The average molecular weight is 391 g/mol. The van der Waals surface area contributed by atoms with Gasteiger partial charge in [-0.1, -0.05) is 48.7 Å². The Labute approximate surface area is 162 Å². The Morgan fingerprint density at radius 2 is 1.85 bits per heavy atom. The van der Waals surface area contributed by atoms with E-state index in [1.165, 1.54) is 7.11 Å². The number of nitrogens with zero attached hydrogens (tertiary/aromatic N) is 2. The van der Waals surface area contributed by atoms with E-state index >= 15 is 0 Å². The van der Waals surface area contributed by atoms with Gasteiger partial charge in [-0.25, -0.2) is 9.78 Å². The molecule has 0 aliphatic heterocycles. The number of halogens is 2. The summed E-state index contributed by atoms with van der Waals surface area (Å²) in [5.41, 5.74) is 3.41. The molecule has 6 heteroatoms. The monoisotopic (exact) mass is 390 g/mol. The lowest BCUT2D eigenvalue weighted by molar-refractivity contribution is 0.0600. The Bertz CT molecular complexity index is 933. The fraction of sp³-hybridized carbons (Fsp3) is 0.300. The van der Waals surface area contributed by atoms with Crippen LogP contribution in [0.2, 0.25) is 10.0 Å². The summed E-state index contributed by atoms with van der Waals surface area (Å²) < 4.78 is 6.91. The van der Waals surface area contributed by atoms with Crippen LogP contribution in [0.5, 0.6) is 0 Å². The Morgan fingerprint density at radius 1 is 1.15 bits per heavy atom. The van der Waals surface area contributed by atoms with Crippen LogP contribution in [-0.2, 0) is 17.7 Å². The van der Waals surface area contributed by atoms with E-state index in [0.717, 1.165) is 41.7 Å². The van der Waals surface area contributed by atoms with Gasteiger partial charge in [0.2, 0.25) is 0 Å². The zero-order chi connectivity index (χ0) is 18.7. The molecule has 0 aliphatic rings. The minimum Gasteiger partial charge on any atom is -0.465 e. The predicted molar refractivity (Wildman–Crippen MR) is 105 cm³/mol. The van der Waals surface area contributed by atoms with E-state index in [0.29, 0.717) is 22.2 Å². The first-order chi connectivity index (χ1) is 12.5. The van der Waals surface area contributed by atoms with Crippen molar-refractivity contribution in [3.63, 3.8) is 0 Å². The zero-order valence-corrected chi connectivity index (χ0v) is 16.3. The number of imidazole rings is 1. The van der Waals surface area contributed by atoms with Gasteiger partial charge in [0, 0.05) is 13.0 Å². The van der Waals surface area contributed by atoms with Crippen molar-refractivity contribution in [1.82, 2.24) is 9.55 Å². The lowest BCUT2D eigenvalue weighted by atomic mass is 10.1. The molecule has 26 heavy (non-hydrogen) atoms. The number of aryl methyl sites for hydroxylation is 1. The van der Waals surface area contributed by atoms with Crippen molar-refractivity contribution in [2.45, 2.75) is 32.7 Å². The number of ether oxygens (including phenoxy) is 1. The predicted octanol–water partition coefficient (Wildman–Crippen LogP) is 5.52. The standard InChI is InChI=1S/C20H20Cl2N2O2/c1-3-4-5-19-23-17-10-15(21)16(22)11-18(17)24(19)12-13-6-8-14(9-7-13)20(25)26-2/h6-11H,3-5,12H2,1-2H3. The second kappa shape index (κ2) is 8.11. The van der Waals surface area contributed by atoms with Gasteiger partial charge >= 0.3 is 5.97 Å². The van der Waals surface area contributed by atoms with E-state index < -0.39 is 0 Å². The van der Waals surface area contributed by atoms with E-state index in [2.05, 4.69) is 11.5 Å². The van der Waals surface area contributed by atoms with Crippen molar-refractivity contribution in [3.05, 3.63) is 63.4 Å². The Kier molecular flexibility index (Phi) is 5.84. The third kappa shape index (κ3) is 3.87. The van der Waals surface area contributed by atoms with Crippen molar-refractivity contribution in [3.8, 4) is 0 Å². The third-order valence-electron chi connectivity index (χ3n) is 4.34. The molecule has 0 spiro atoms. The number of esters is 1. The number of benzene rings is 2. The molecule has 0 N–H and O–H groups in total. The summed E-state index contributed by atoms with van der Waals surface area (Å²) in [6, 6.07) is 11.1. The van der Waals surface area contributed by atoms with Gasteiger partial charge in [0.05, 0.1) is 33.8 Å². The molecule has 0 saturated heterocycles. The zero-order valence-electron chi connectivity index (χ0n) is 14.8. The van der Waals surface area contributed by atoms with Crippen LogP contribution < -0.4 is 0 Å². The van der Waals surface area contributed by atoms with E-state index in [4.69, 9.17) is 32.9 Å². The highest BCUT2D eigenvalue weighted by Gasteiger charge is 2.14. The Hall–Kier alpha value is -2.04. The number of hydrogen-bond donors (Lipinski definition) is 0. The number of carbonyl (C=O) groups excluding carboxylic acids is 1. The average Bonchev–Trinajstić information content (AvgIpc) is 2.97. The first-order valence-corrected chi connectivity index (χ1v) is 9.30. The maximum Gasteiger partial charge on any atom is 0.337 e. The Morgan fingerprint density at radius 3 is 2.50 bits per heavy atom. The van der Waals surface area contributed by atoms with Crippen LogP contribution in [0.25, 0.3) is 11.0 Å². The van der Waals surface area contributed by atoms with Gasteiger partial charge in [0.25, 0.3) is 0 Å². The molecule has 136 valence electrons. The SMILES string of the molecule is CCCCc1nc2cc(Cl)c(Cl)cc2n1Cc1ccc(C(=O)OC)cc1. The highest BCUT2D eigenvalue weighted by molar-refractivity contribution is 6.42. The van der Waals surface area contributed by atoms with Crippen molar-refractivity contribution in [1.29, 1.82) is 0 Å². The molecule has 3 rings (SSSR count). The molecule has 2 aromatic carbocycles. The molecule has 0 radical (unpaired) electrons. The van der Waals surface area contributed by atoms with Crippen molar-refractivity contribution >= 4 is 40.2 Å². The third-order valence-corrected chi connectivity index (χ3v) is 5.06. The van der Waals surface area contributed by atoms with E-state index in [1.807, 2.05) is 24.3 Å². The molecule has 0 aliphatic carbocycles. The van der Waals surface area contributed by atoms with Gasteiger partial charge in [-0.3, -0.25) is 0 Å². The van der Waals surface area contributed by atoms with Gasteiger partial charge in [-0.05, 0) is 36.2 Å². The fourth-order valence-corrected chi connectivity index (χ4v) is 3.23. The molecule has 0 fully saturated rings. The van der Waals surface area contributed by atoms with Gasteiger partial charge in [-0.2, -0.15) is 0 Å². The number of methoxy groups -OCH3 is 1. The van der Waals surface area contributed by atoms with E-state index in [-0.39, 0.29) is 5.97 Å². The molecule has 0 amide bonds. The van der Waals surface area contributed by atoms with Gasteiger partial charge < -0.3 is 9.30 Å². The Balaban J connectivity index is 1.99. The van der Waals surface area contributed by atoms with Crippen LogP contribution in [-0.4, -0.2) is 22.6 Å². The second-order valence-electron chi connectivity index (χ2n) is 6.16. The quantitative estimate of drug-likeness (QED) is 0.520. The molecule has 0 atom stereocenters. The van der Waals surface area contributed by atoms with Crippen LogP contribution >= 0.6 is 23.2 Å². The minimum absolute atomic E-state index is 0.338. The van der Waals surface area contributed by atoms with E-state index in [1.54, 1.807) is 12.1 Å². The number of aromatic nitrogens is 2. The molecule has 0 saturated carbocycles. The summed E-state index contributed by atoms with van der Waals surface area (Å²) in [4.78, 5) is 16.3. The number of fused-ring (bicyclic) bond motifs is 1. The lowest BCUT2D eigenvalue weighted by Crippen LogP contribution is -2.06. The van der Waals surface area contributed by atoms with Crippen molar-refractivity contribution in [2.75, 3.05) is 7.11 Å². The van der Waals surface area contributed by atoms with Crippen LogP contribution in [0, 0.1) is 0 Å². The summed E-state index contributed by atoms with van der Waals surface area (Å²) in [6.45, 7) is 2.81. The molecule has 3 aromatic rings. The normalized spacial score (nSPS) is 11.1. The minimum atomic E-state index is -0.338. The second-order valence-corrected chi connectivity index (χ2v) is 6.98. The van der Waals surface area contributed by atoms with Crippen molar-refractivity contribution < 1.29 is 9.53 Å². The largest absolute Gasteiger partial charge is 0.465 e. The van der Waals surface area contributed by atoms with Crippen LogP contribution in [0.4, 0.5) is 0 Å². The number of carbonyl (C=O) groups is 1. The highest BCUT2D eigenvalue weighted by atomic mass is 35.5. The molecular weight excluding hydrogens is 371 g/mol. The lowest BCUT2D eigenvalue weighted by Gasteiger charge is -2.10. The van der Waals surface area contributed by atoms with E-state index in [9.17, 15) is 4.79 Å². The van der Waals surface area contributed by atoms with Crippen LogP contribution in [0.1, 0.15) is 41.5 Å². The molecule has 1 heterocycles. The smallest absolute Gasteiger partial charge is 0.337 e. The van der Waals surface area contributed by atoms with Gasteiger partial charge in [0.1, 0.15) is 5.82 Å². The molecular formula is C20H20Cl2N2O2. The van der Waals surface area contributed by atoms with Crippen LogP contribution in [0.15, 0.2) is 36.4 Å². The topological polar surface area (TPSA) is 44.1 Å². The highest BCUT2D eigenvalue weighted by Crippen LogP contribution is 2.29. The summed E-state index contributed by atoms with van der Waals surface area (Å²) >= 11 is 12.4. The van der Waals surface area contributed by atoms with Gasteiger partial charge in [0.15, 0.2) is 0 Å². The summed E-state index contributed by atoms with van der Waals surface area (Å²) in [5, 5.41) is 1.02. The van der Waals surface area contributed by atoms with Crippen LogP contribution in [0.3, 0.4) is 0 Å². The molecule has 0 bridgehead atoms.